The van der Waals surface area contributed by atoms with E-state index in [1.807, 2.05) is 31.3 Å². The lowest BCUT2D eigenvalue weighted by atomic mass is 9.94. The maximum atomic E-state index is 8.78. The summed E-state index contributed by atoms with van der Waals surface area (Å²) >= 11 is 0. The molecule has 0 N–H and O–H groups in total. The second-order valence-electron chi connectivity index (χ2n) is 5.20. The molecule has 0 spiro atoms. The maximum absolute atomic E-state index is 8.78. The van der Waals surface area contributed by atoms with Gasteiger partial charge in [0, 0.05) is 30.9 Å². The Balaban J connectivity index is 1.77. The number of piperidine rings is 1. The van der Waals surface area contributed by atoms with Crippen molar-refractivity contribution in [3.8, 4) is 6.07 Å². The molecule has 1 aliphatic rings. The van der Waals surface area contributed by atoms with E-state index in [2.05, 4.69) is 25.1 Å². The SMILES string of the molecule is Cc1nccc(C2CCCN(c3ccc(C#N)nn3)C2)n1. The highest BCUT2D eigenvalue weighted by molar-refractivity contribution is 5.40. The Labute approximate surface area is 123 Å². The van der Waals surface area contributed by atoms with E-state index in [4.69, 9.17) is 5.26 Å². The van der Waals surface area contributed by atoms with E-state index in [-0.39, 0.29) is 0 Å². The minimum absolute atomic E-state index is 0.346. The van der Waals surface area contributed by atoms with E-state index < -0.39 is 0 Å². The van der Waals surface area contributed by atoms with Gasteiger partial charge < -0.3 is 4.90 Å². The molecule has 0 aliphatic carbocycles. The summed E-state index contributed by atoms with van der Waals surface area (Å²) in [5.41, 5.74) is 1.44. The monoisotopic (exact) mass is 280 g/mol. The van der Waals surface area contributed by atoms with Crippen LogP contribution in [0.3, 0.4) is 0 Å². The van der Waals surface area contributed by atoms with E-state index in [0.717, 1.165) is 43.3 Å². The maximum Gasteiger partial charge on any atom is 0.163 e. The zero-order valence-corrected chi connectivity index (χ0v) is 11.9. The van der Waals surface area contributed by atoms with Gasteiger partial charge in [-0.2, -0.15) is 5.26 Å². The number of hydrogen-bond acceptors (Lipinski definition) is 6. The molecular weight excluding hydrogens is 264 g/mol. The van der Waals surface area contributed by atoms with Crippen molar-refractivity contribution in [2.75, 3.05) is 18.0 Å². The van der Waals surface area contributed by atoms with Gasteiger partial charge >= 0.3 is 0 Å². The van der Waals surface area contributed by atoms with Crippen LogP contribution >= 0.6 is 0 Å². The summed E-state index contributed by atoms with van der Waals surface area (Å²) < 4.78 is 0. The molecule has 1 fully saturated rings. The Kier molecular flexibility index (Phi) is 3.73. The van der Waals surface area contributed by atoms with Gasteiger partial charge in [-0.1, -0.05) is 0 Å². The molecule has 0 saturated carbocycles. The average molecular weight is 280 g/mol. The second kappa shape index (κ2) is 5.83. The molecule has 1 aliphatic heterocycles. The van der Waals surface area contributed by atoms with Gasteiger partial charge in [-0.25, -0.2) is 9.97 Å². The molecule has 0 bridgehead atoms. The fourth-order valence-corrected chi connectivity index (χ4v) is 2.68. The van der Waals surface area contributed by atoms with E-state index in [9.17, 15) is 0 Å². The van der Waals surface area contributed by atoms with Gasteiger partial charge in [0.1, 0.15) is 11.9 Å². The van der Waals surface area contributed by atoms with Crippen LogP contribution in [0.2, 0.25) is 0 Å². The molecule has 3 rings (SSSR count). The summed E-state index contributed by atoms with van der Waals surface area (Å²) in [5.74, 6) is 2.02. The lowest BCUT2D eigenvalue weighted by Crippen LogP contribution is -2.35. The summed E-state index contributed by atoms with van der Waals surface area (Å²) in [4.78, 5) is 10.9. The van der Waals surface area contributed by atoms with Gasteiger partial charge in [-0.3, -0.25) is 0 Å². The van der Waals surface area contributed by atoms with Gasteiger partial charge in [0.15, 0.2) is 11.5 Å². The van der Waals surface area contributed by atoms with Crippen molar-refractivity contribution in [2.45, 2.75) is 25.7 Å². The standard InChI is InChI=1S/C15H16N6/c1-11-17-7-6-14(18-11)12-3-2-8-21(10-12)15-5-4-13(9-16)19-20-15/h4-7,12H,2-3,8,10H2,1H3. The lowest BCUT2D eigenvalue weighted by Gasteiger charge is -2.33. The number of aromatic nitrogens is 4. The molecule has 1 saturated heterocycles. The first-order valence-electron chi connectivity index (χ1n) is 7.04. The quantitative estimate of drug-likeness (QED) is 0.835. The zero-order valence-electron chi connectivity index (χ0n) is 11.9. The normalized spacial score (nSPS) is 18.3. The minimum atomic E-state index is 0.346. The molecule has 6 heteroatoms. The molecule has 1 unspecified atom stereocenters. The van der Waals surface area contributed by atoms with E-state index in [1.54, 1.807) is 6.07 Å². The van der Waals surface area contributed by atoms with Gasteiger partial charge in [0.05, 0.1) is 0 Å². The van der Waals surface area contributed by atoms with Crippen LogP contribution in [0.5, 0.6) is 0 Å². The average Bonchev–Trinajstić information content (AvgIpc) is 2.55. The zero-order chi connectivity index (χ0) is 14.7. The molecule has 21 heavy (non-hydrogen) atoms. The van der Waals surface area contributed by atoms with Crippen LogP contribution in [-0.4, -0.2) is 33.3 Å². The molecule has 2 aromatic heterocycles. The lowest BCUT2D eigenvalue weighted by molar-refractivity contribution is 0.496. The van der Waals surface area contributed by atoms with Crippen LogP contribution in [0.1, 0.15) is 36.0 Å². The molecule has 0 aromatic carbocycles. The van der Waals surface area contributed by atoms with Crippen LogP contribution in [0.25, 0.3) is 0 Å². The largest absolute Gasteiger partial charge is 0.354 e. The second-order valence-corrected chi connectivity index (χ2v) is 5.20. The Bertz CT molecular complexity index is 661. The van der Waals surface area contributed by atoms with Crippen molar-refractivity contribution in [2.24, 2.45) is 0 Å². The predicted molar refractivity (Wildman–Crippen MR) is 77.7 cm³/mol. The molecule has 3 heterocycles. The molecule has 6 nitrogen and oxygen atoms in total. The van der Waals surface area contributed by atoms with Crippen LogP contribution < -0.4 is 4.90 Å². The Hall–Kier alpha value is -2.55. The van der Waals surface area contributed by atoms with Gasteiger partial charge in [0.2, 0.25) is 0 Å². The summed E-state index contributed by atoms with van der Waals surface area (Å²) in [5, 5.41) is 16.8. The smallest absolute Gasteiger partial charge is 0.163 e. The highest BCUT2D eigenvalue weighted by Gasteiger charge is 2.23. The minimum Gasteiger partial charge on any atom is -0.354 e. The molecule has 0 amide bonds. The molecular formula is C15H16N6. The number of anilines is 1. The Morgan fingerprint density at radius 1 is 1.29 bits per heavy atom. The van der Waals surface area contributed by atoms with Crippen molar-refractivity contribution in [3.63, 3.8) is 0 Å². The summed E-state index contributed by atoms with van der Waals surface area (Å²) in [6.45, 7) is 3.74. The Morgan fingerprint density at radius 3 is 2.90 bits per heavy atom. The third-order valence-corrected chi connectivity index (χ3v) is 3.73. The predicted octanol–water partition coefficient (Wildman–Crippen LogP) is 1.83. The number of aryl methyl sites for hydroxylation is 1. The van der Waals surface area contributed by atoms with E-state index >= 15 is 0 Å². The van der Waals surface area contributed by atoms with E-state index in [0.29, 0.717) is 11.6 Å². The third kappa shape index (κ3) is 2.97. The molecule has 0 radical (unpaired) electrons. The molecule has 106 valence electrons. The number of nitrogens with zero attached hydrogens (tertiary/aromatic N) is 6. The van der Waals surface area contributed by atoms with Crippen LogP contribution in [-0.2, 0) is 0 Å². The highest BCUT2D eigenvalue weighted by Crippen LogP contribution is 2.27. The van der Waals surface area contributed by atoms with Crippen molar-refractivity contribution in [3.05, 3.63) is 41.6 Å². The molecule has 2 aromatic rings. The van der Waals surface area contributed by atoms with Crippen molar-refractivity contribution in [1.82, 2.24) is 20.2 Å². The van der Waals surface area contributed by atoms with Crippen LogP contribution in [0, 0.1) is 18.3 Å². The fourth-order valence-electron chi connectivity index (χ4n) is 2.68. The van der Waals surface area contributed by atoms with Crippen molar-refractivity contribution >= 4 is 5.82 Å². The first-order chi connectivity index (χ1) is 10.3. The van der Waals surface area contributed by atoms with Gasteiger partial charge in [-0.05, 0) is 38.0 Å². The first-order valence-corrected chi connectivity index (χ1v) is 7.04. The van der Waals surface area contributed by atoms with E-state index in [1.165, 1.54) is 0 Å². The van der Waals surface area contributed by atoms with Crippen LogP contribution in [0.15, 0.2) is 24.4 Å². The fraction of sp³-hybridized carbons (Fsp3) is 0.400. The Morgan fingerprint density at radius 2 is 2.19 bits per heavy atom. The van der Waals surface area contributed by atoms with Crippen LogP contribution in [0.4, 0.5) is 5.82 Å². The van der Waals surface area contributed by atoms with Gasteiger partial charge in [-0.15, -0.1) is 10.2 Å². The van der Waals surface area contributed by atoms with Gasteiger partial charge in [0.25, 0.3) is 0 Å². The van der Waals surface area contributed by atoms with Crippen molar-refractivity contribution < 1.29 is 0 Å². The number of nitriles is 1. The number of rotatable bonds is 2. The highest BCUT2D eigenvalue weighted by atomic mass is 15.3. The summed E-state index contributed by atoms with van der Waals surface area (Å²) in [6.07, 6.45) is 4.03. The summed E-state index contributed by atoms with van der Waals surface area (Å²) in [7, 11) is 0. The first kappa shape index (κ1) is 13.4. The number of hydrogen-bond donors (Lipinski definition) is 0. The van der Waals surface area contributed by atoms with Crippen molar-refractivity contribution in [1.29, 1.82) is 5.26 Å². The summed E-state index contributed by atoms with van der Waals surface area (Å²) in [6, 6.07) is 7.55. The molecule has 1 atom stereocenters. The third-order valence-electron chi connectivity index (χ3n) is 3.73. The topological polar surface area (TPSA) is 78.6 Å².